The first kappa shape index (κ1) is 31.9. The summed E-state index contributed by atoms with van der Waals surface area (Å²) in [7, 11) is -0.821. The first-order chi connectivity index (χ1) is 16.7. The minimum Gasteiger partial charge on any atom is -0.465 e. The van der Waals surface area contributed by atoms with Crippen LogP contribution in [0.15, 0.2) is 58.3 Å². The van der Waals surface area contributed by atoms with Gasteiger partial charge in [0, 0.05) is 33.5 Å². The van der Waals surface area contributed by atoms with Crippen molar-refractivity contribution in [3.05, 3.63) is 59.7 Å². The normalized spacial score (nSPS) is 12.6. The van der Waals surface area contributed by atoms with Crippen LogP contribution in [0.2, 0.25) is 0 Å². The van der Waals surface area contributed by atoms with Gasteiger partial charge in [-0.2, -0.15) is 0 Å². The topological polar surface area (TPSA) is 118 Å². The molecule has 2 aromatic rings. The third-order valence-electron chi connectivity index (χ3n) is 5.06. The number of hydrogen-bond acceptors (Lipinski definition) is 7. The van der Waals surface area contributed by atoms with Crippen LogP contribution in [0.1, 0.15) is 25.0 Å². The molecule has 0 saturated heterocycles. The van der Waals surface area contributed by atoms with Crippen LogP contribution in [-0.2, 0) is 46.1 Å². The van der Waals surface area contributed by atoms with Gasteiger partial charge in [-0.15, -0.1) is 0 Å². The molecule has 0 aliphatic heterocycles. The molecular weight excluding hydrogens is 572 g/mol. The number of ether oxygens (including phenoxy) is 1. The third-order valence-corrected chi connectivity index (χ3v) is 9.37. The largest absolute Gasteiger partial charge is 0.465 e. The molecule has 0 aliphatic carbocycles. The van der Waals surface area contributed by atoms with Gasteiger partial charge in [0.05, 0.1) is 16.4 Å². The van der Waals surface area contributed by atoms with Crippen molar-refractivity contribution in [3.8, 4) is 0 Å². The van der Waals surface area contributed by atoms with E-state index in [9.17, 15) is 26.4 Å². The summed E-state index contributed by atoms with van der Waals surface area (Å²) in [5.74, 6) is -1.69. The molecule has 0 N–H and O–H groups in total. The Hall–Kier alpha value is -2.12. The number of nitrogens with zero attached hydrogens (tertiary/aromatic N) is 2. The summed E-state index contributed by atoms with van der Waals surface area (Å²) < 4.78 is 54.4. The number of ketones is 1. The van der Waals surface area contributed by atoms with Gasteiger partial charge >= 0.3 is 5.97 Å². The van der Waals surface area contributed by atoms with Crippen molar-refractivity contribution in [2.24, 2.45) is 5.92 Å². The molecule has 0 saturated carbocycles. The fourth-order valence-electron chi connectivity index (χ4n) is 2.84. The van der Waals surface area contributed by atoms with Crippen molar-refractivity contribution >= 4 is 47.7 Å². The highest BCUT2D eigenvalue weighted by Crippen LogP contribution is 2.18. The maximum Gasteiger partial charge on any atom is 0.316 e. The molecular formula is C24H33BrN2O7S2. The summed E-state index contributed by atoms with van der Waals surface area (Å²) in [6.45, 7) is 3.23. The molecule has 2 rings (SSSR count). The van der Waals surface area contributed by atoms with Crippen LogP contribution in [0.5, 0.6) is 0 Å². The van der Waals surface area contributed by atoms with E-state index in [0.29, 0.717) is 10.5 Å². The van der Waals surface area contributed by atoms with E-state index >= 15 is 0 Å². The first-order valence-corrected chi connectivity index (χ1v) is 14.9. The van der Waals surface area contributed by atoms with E-state index in [1.807, 2.05) is 0 Å². The lowest BCUT2D eigenvalue weighted by Crippen LogP contribution is -2.26. The summed E-state index contributed by atoms with van der Waals surface area (Å²) in [4.78, 5) is 23.8. The Morgan fingerprint density at radius 1 is 0.806 bits per heavy atom. The zero-order valence-electron chi connectivity index (χ0n) is 21.3. The van der Waals surface area contributed by atoms with Gasteiger partial charge in [0.1, 0.15) is 11.7 Å². The van der Waals surface area contributed by atoms with Crippen molar-refractivity contribution in [1.82, 2.24) is 8.61 Å². The fourth-order valence-corrected chi connectivity index (χ4v) is 5.02. The Kier molecular flexibility index (Phi) is 12.4. The molecule has 0 aliphatic rings. The molecule has 1 unspecified atom stereocenters. The zero-order chi connectivity index (χ0) is 27.7. The molecule has 12 heteroatoms. The van der Waals surface area contributed by atoms with Crippen molar-refractivity contribution in [1.29, 1.82) is 0 Å². The molecule has 36 heavy (non-hydrogen) atoms. The average Bonchev–Trinajstić information content (AvgIpc) is 2.83. The lowest BCUT2D eigenvalue weighted by Gasteiger charge is -2.14. The second kappa shape index (κ2) is 14.0. The smallest absolute Gasteiger partial charge is 0.316 e. The monoisotopic (exact) mass is 604 g/mol. The van der Waals surface area contributed by atoms with Gasteiger partial charge in [0.2, 0.25) is 20.0 Å². The highest BCUT2D eigenvalue weighted by molar-refractivity contribution is 9.08. The summed E-state index contributed by atoms with van der Waals surface area (Å²) in [6.07, 6.45) is 0.191. The molecule has 1 atom stereocenters. The van der Waals surface area contributed by atoms with Gasteiger partial charge in [0.25, 0.3) is 0 Å². The predicted molar refractivity (Wildman–Crippen MR) is 142 cm³/mol. The van der Waals surface area contributed by atoms with E-state index < -0.39 is 31.9 Å². The van der Waals surface area contributed by atoms with E-state index in [2.05, 4.69) is 15.9 Å². The lowest BCUT2D eigenvalue weighted by molar-refractivity contribution is -0.151. The average molecular weight is 606 g/mol. The summed E-state index contributed by atoms with van der Waals surface area (Å²) in [5, 5.41) is 0.731. The minimum atomic E-state index is -3.49. The number of esters is 1. The SMILES string of the molecule is CCOC(=O)C(Cc1ccc(S(=O)(=O)N(C)C)cc1)C(C)=O.CN(C)S(=O)(=O)c1ccc(CBr)cc1. The first-order valence-electron chi connectivity index (χ1n) is 10.9. The maximum atomic E-state index is 12.0. The number of carbonyl (C=O) groups is 2. The van der Waals surface area contributed by atoms with Gasteiger partial charge in [-0.1, -0.05) is 40.2 Å². The number of alkyl halides is 1. The van der Waals surface area contributed by atoms with Gasteiger partial charge in [0.15, 0.2) is 0 Å². The summed E-state index contributed by atoms with van der Waals surface area (Å²) >= 11 is 3.30. The van der Waals surface area contributed by atoms with Gasteiger partial charge < -0.3 is 4.74 Å². The highest BCUT2D eigenvalue weighted by atomic mass is 79.9. The van der Waals surface area contributed by atoms with Gasteiger partial charge in [-0.25, -0.2) is 25.4 Å². The predicted octanol–water partition coefficient (Wildman–Crippen LogP) is 3.08. The number of rotatable bonds is 10. The summed E-state index contributed by atoms with van der Waals surface area (Å²) in [5.41, 5.74) is 1.76. The van der Waals surface area contributed by atoms with Crippen molar-refractivity contribution in [2.75, 3.05) is 34.8 Å². The van der Waals surface area contributed by atoms with Crippen molar-refractivity contribution < 1.29 is 31.2 Å². The molecule has 0 amide bonds. The van der Waals surface area contributed by atoms with E-state index in [4.69, 9.17) is 4.74 Å². The van der Waals surface area contributed by atoms with Crippen LogP contribution in [0, 0.1) is 5.92 Å². The summed E-state index contributed by atoms with van der Waals surface area (Å²) in [6, 6.07) is 13.0. The van der Waals surface area contributed by atoms with Crippen LogP contribution in [-0.4, -0.2) is 72.0 Å². The minimum absolute atomic E-state index is 0.164. The van der Waals surface area contributed by atoms with Gasteiger partial charge in [-0.3, -0.25) is 9.59 Å². The Bertz CT molecular complexity index is 1230. The number of halogens is 1. The Morgan fingerprint density at radius 2 is 1.19 bits per heavy atom. The van der Waals surface area contributed by atoms with Crippen LogP contribution in [0.25, 0.3) is 0 Å². The number of sulfonamides is 2. The fraction of sp³-hybridized carbons (Fsp3) is 0.417. The van der Waals surface area contributed by atoms with E-state index in [1.54, 1.807) is 43.3 Å². The number of hydrogen-bond donors (Lipinski definition) is 0. The van der Waals surface area contributed by atoms with Crippen LogP contribution < -0.4 is 0 Å². The van der Waals surface area contributed by atoms with E-state index in [-0.39, 0.29) is 23.7 Å². The van der Waals surface area contributed by atoms with Crippen molar-refractivity contribution in [2.45, 2.75) is 35.4 Å². The Labute approximate surface area is 222 Å². The molecule has 0 radical (unpaired) electrons. The molecule has 0 spiro atoms. The molecule has 200 valence electrons. The van der Waals surface area contributed by atoms with Crippen molar-refractivity contribution in [3.63, 3.8) is 0 Å². The van der Waals surface area contributed by atoms with Crippen LogP contribution in [0.3, 0.4) is 0 Å². The number of Topliss-reactive ketones (excluding diaryl/α,β-unsaturated/α-hetero) is 1. The number of benzene rings is 2. The lowest BCUT2D eigenvalue weighted by atomic mass is 9.96. The molecule has 2 aromatic carbocycles. The Morgan fingerprint density at radius 3 is 1.50 bits per heavy atom. The maximum absolute atomic E-state index is 12.0. The quantitative estimate of drug-likeness (QED) is 0.232. The molecule has 0 bridgehead atoms. The number of carbonyl (C=O) groups excluding carboxylic acids is 2. The standard InChI is InChI=1S/C15H21NO5S.C9H12BrNO2S/c1-5-21-15(18)14(11(2)17)10-12-6-8-13(9-7-12)22(19,20)16(3)4;1-11(2)14(12,13)9-5-3-8(7-10)4-6-9/h6-9,14H,5,10H2,1-4H3;3-6H,7H2,1-2H3. The van der Waals surface area contributed by atoms with E-state index in [1.165, 1.54) is 51.6 Å². The highest BCUT2D eigenvalue weighted by Gasteiger charge is 2.25. The molecule has 9 nitrogen and oxygen atoms in total. The second-order valence-corrected chi connectivity index (χ2v) is 13.0. The second-order valence-electron chi connectivity index (χ2n) is 8.12. The van der Waals surface area contributed by atoms with Gasteiger partial charge in [-0.05, 0) is 55.7 Å². The Balaban J connectivity index is 0.000000397. The molecule has 0 fully saturated rings. The molecule has 0 heterocycles. The molecule has 0 aromatic heterocycles. The van der Waals surface area contributed by atoms with Crippen LogP contribution >= 0.6 is 15.9 Å². The van der Waals surface area contributed by atoms with Crippen LogP contribution in [0.4, 0.5) is 0 Å². The third kappa shape index (κ3) is 8.77. The zero-order valence-corrected chi connectivity index (χ0v) is 24.5. The van der Waals surface area contributed by atoms with E-state index in [0.717, 1.165) is 15.2 Å².